The van der Waals surface area contributed by atoms with Gasteiger partial charge in [0.1, 0.15) is 5.39 Å². The highest BCUT2D eigenvalue weighted by molar-refractivity contribution is 5.77. The second kappa shape index (κ2) is 9.40. The molecule has 1 amide bonds. The number of amides is 1. The van der Waals surface area contributed by atoms with Gasteiger partial charge in [-0.1, -0.05) is 48.5 Å². The lowest BCUT2D eigenvalue weighted by Crippen LogP contribution is -2.39. The molecular weight excluding hydrogens is 414 g/mol. The predicted molar refractivity (Wildman–Crippen MR) is 127 cm³/mol. The van der Waals surface area contributed by atoms with Crippen molar-refractivity contribution in [3.63, 3.8) is 0 Å². The van der Waals surface area contributed by atoms with Gasteiger partial charge in [-0.15, -0.1) is 0 Å². The first-order valence-corrected chi connectivity index (χ1v) is 11.5. The Morgan fingerprint density at radius 3 is 2.39 bits per heavy atom. The first-order valence-electron chi connectivity index (χ1n) is 11.5. The maximum absolute atomic E-state index is 12.9. The zero-order valence-electron chi connectivity index (χ0n) is 18.5. The summed E-state index contributed by atoms with van der Waals surface area (Å²) >= 11 is 0. The second-order valence-electron chi connectivity index (χ2n) is 8.64. The van der Waals surface area contributed by atoms with E-state index in [1.165, 1.54) is 16.5 Å². The topological polar surface area (TPSA) is 73.0 Å². The van der Waals surface area contributed by atoms with Gasteiger partial charge in [-0.05, 0) is 42.9 Å². The van der Waals surface area contributed by atoms with Gasteiger partial charge in [0.25, 0.3) is 5.56 Å². The van der Waals surface area contributed by atoms with Crippen LogP contribution in [-0.4, -0.2) is 43.2 Å². The molecule has 1 aliphatic rings. The van der Waals surface area contributed by atoms with Crippen molar-refractivity contribution in [3.8, 4) is 5.69 Å². The number of aryl methyl sites for hydroxylation is 1. The molecule has 4 aromatic rings. The number of carbonyl (C=O) groups is 1. The summed E-state index contributed by atoms with van der Waals surface area (Å²) in [5.74, 6) is 0.715. The first kappa shape index (κ1) is 21.1. The third-order valence-electron chi connectivity index (χ3n) is 6.46. The van der Waals surface area contributed by atoms with Gasteiger partial charge in [0.15, 0.2) is 5.65 Å². The summed E-state index contributed by atoms with van der Waals surface area (Å²) in [4.78, 5) is 32.1. The highest BCUT2D eigenvalue weighted by Crippen LogP contribution is 2.22. The Morgan fingerprint density at radius 2 is 1.67 bits per heavy atom. The fraction of sp³-hybridized carbons (Fsp3) is 0.308. The van der Waals surface area contributed by atoms with E-state index >= 15 is 0 Å². The molecule has 1 saturated heterocycles. The van der Waals surface area contributed by atoms with Crippen molar-refractivity contribution < 1.29 is 4.79 Å². The molecule has 2 aromatic heterocycles. The number of rotatable bonds is 6. The van der Waals surface area contributed by atoms with Gasteiger partial charge in [0.05, 0.1) is 18.2 Å². The van der Waals surface area contributed by atoms with Crippen LogP contribution in [0.4, 0.5) is 0 Å². The zero-order valence-corrected chi connectivity index (χ0v) is 18.5. The quantitative estimate of drug-likeness (QED) is 0.459. The largest absolute Gasteiger partial charge is 0.343 e. The minimum Gasteiger partial charge on any atom is -0.343 e. The van der Waals surface area contributed by atoms with Crippen molar-refractivity contribution in [3.05, 3.63) is 89.1 Å². The van der Waals surface area contributed by atoms with Crippen LogP contribution in [0.1, 0.15) is 24.8 Å². The van der Waals surface area contributed by atoms with Crippen LogP contribution in [0.25, 0.3) is 16.7 Å². The van der Waals surface area contributed by atoms with E-state index in [2.05, 4.69) is 34.3 Å². The molecule has 2 aromatic carbocycles. The van der Waals surface area contributed by atoms with Crippen molar-refractivity contribution in [2.24, 2.45) is 5.92 Å². The molecule has 0 radical (unpaired) electrons. The Bertz CT molecular complexity index is 1290. The van der Waals surface area contributed by atoms with Crippen LogP contribution >= 0.6 is 0 Å². The lowest BCUT2D eigenvalue weighted by Gasteiger charge is -2.32. The number of para-hydroxylation sites is 1. The number of hydrogen-bond acceptors (Lipinski definition) is 4. The first-order chi connectivity index (χ1) is 16.2. The number of fused-ring (bicyclic) bond motifs is 1. The maximum atomic E-state index is 12.9. The van der Waals surface area contributed by atoms with Crippen LogP contribution in [-0.2, 0) is 17.8 Å². The van der Waals surface area contributed by atoms with E-state index in [-0.39, 0.29) is 11.5 Å². The van der Waals surface area contributed by atoms with Gasteiger partial charge in [-0.25, -0.2) is 9.67 Å². The van der Waals surface area contributed by atoms with Crippen molar-refractivity contribution in [1.82, 2.24) is 24.2 Å². The normalized spacial score (nSPS) is 14.6. The number of nitrogens with zero attached hydrogens (tertiary/aromatic N) is 5. The Hall–Kier alpha value is -3.74. The van der Waals surface area contributed by atoms with Crippen molar-refractivity contribution in [2.75, 3.05) is 13.1 Å². The number of benzene rings is 2. The highest BCUT2D eigenvalue weighted by atomic mass is 16.2. The molecule has 0 N–H and O–H groups in total. The molecular formula is C26H27N5O2. The summed E-state index contributed by atoms with van der Waals surface area (Å²) in [5.41, 5.74) is 2.56. The predicted octanol–water partition coefficient (Wildman–Crippen LogP) is 3.45. The van der Waals surface area contributed by atoms with Gasteiger partial charge in [-0.3, -0.25) is 14.2 Å². The summed E-state index contributed by atoms with van der Waals surface area (Å²) in [6.07, 6.45) is 6.47. The molecule has 7 heteroatoms. The minimum atomic E-state index is -0.170. The number of likely N-dealkylation sites (tertiary alicyclic amines) is 1. The van der Waals surface area contributed by atoms with Crippen LogP contribution < -0.4 is 5.56 Å². The molecule has 0 spiro atoms. The SMILES string of the molecule is O=C(CCn1cnc2c(cnn2-c2ccccc2)c1=O)N1CCC(Cc2ccccc2)CC1. The zero-order chi connectivity index (χ0) is 22.6. The molecule has 3 heterocycles. The van der Waals surface area contributed by atoms with E-state index in [4.69, 9.17) is 0 Å². The van der Waals surface area contributed by atoms with E-state index in [9.17, 15) is 9.59 Å². The maximum Gasteiger partial charge on any atom is 0.264 e. The Morgan fingerprint density at radius 1 is 0.970 bits per heavy atom. The molecule has 0 saturated carbocycles. The lowest BCUT2D eigenvalue weighted by molar-refractivity contribution is -0.132. The molecule has 33 heavy (non-hydrogen) atoms. The van der Waals surface area contributed by atoms with Crippen LogP contribution in [0.2, 0.25) is 0 Å². The summed E-state index contributed by atoms with van der Waals surface area (Å²) in [6, 6.07) is 20.1. The lowest BCUT2D eigenvalue weighted by atomic mass is 9.90. The van der Waals surface area contributed by atoms with Crippen LogP contribution in [0.3, 0.4) is 0 Å². The molecule has 0 unspecified atom stereocenters. The third kappa shape index (κ3) is 4.58. The smallest absolute Gasteiger partial charge is 0.264 e. The van der Waals surface area contributed by atoms with Gasteiger partial charge < -0.3 is 4.90 Å². The summed E-state index contributed by atoms with van der Waals surface area (Å²) in [7, 11) is 0. The Kier molecular flexibility index (Phi) is 6.02. The highest BCUT2D eigenvalue weighted by Gasteiger charge is 2.23. The van der Waals surface area contributed by atoms with Gasteiger partial charge in [0.2, 0.25) is 5.91 Å². The van der Waals surface area contributed by atoms with Crippen molar-refractivity contribution >= 4 is 16.9 Å². The summed E-state index contributed by atoms with van der Waals surface area (Å²) in [6.45, 7) is 1.89. The molecule has 0 atom stereocenters. The van der Waals surface area contributed by atoms with E-state index in [0.717, 1.165) is 38.0 Å². The monoisotopic (exact) mass is 441 g/mol. The van der Waals surface area contributed by atoms with E-state index in [1.54, 1.807) is 10.9 Å². The van der Waals surface area contributed by atoms with E-state index in [1.807, 2.05) is 41.3 Å². The van der Waals surface area contributed by atoms with Gasteiger partial charge in [0, 0.05) is 26.1 Å². The standard InChI is InChI=1S/C26H27N5O2/c32-24(29-14-11-21(12-15-29)17-20-7-3-1-4-8-20)13-16-30-19-27-25-23(26(30)33)18-28-31(25)22-9-5-2-6-10-22/h1-10,18-19,21H,11-17H2. The molecule has 0 bridgehead atoms. The van der Waals surface area contributed by atoms with Gasteiger partial charge >= 0.3 is 0 Å². The van der Waals surface area contributed by atoms with Crippen LogP contribution in [0, 0.1) is 5.92 Å². The Labute approximate surface area is 192 Å². The van der Waals surface area contributed by atoms with Gasteiger partial charge in [-0.2, -0.15) is 5.10 Å². The van der Waals surface area contributed by atoms with Crippen LogP contribution in [0.15, 0.2) is 78.0 Å². The average Bonchev–Trinajstić information content (AvgIpc) is 3.30. The number of hydrogen-bond donors (Lipinski definition) is 0. The van der Waals surface area contributed by atoms with Crippen LogP contribution in [0.5, 0.6) is 0 Å². The fourth-order valence-electron chi connectivity index (χ4n) is 4.57. The van der Waals surface area contributed by atoms with E-state index < -0.39 is 0 Å². The molecule has 7 nitrogen and oxygen atoms in total. The number of aromatic nitrogens is 4. The third-order valence-corrected chi connectivity index (χ3v) is 6.46. The summed E-state index contributed by atoms with van der Waals surface area (Å²) in [5, 5.41) is 4.79. The number of carbonyl (C=O) groups excluding carboxylic acids is 1. The Balaban J connectivity index is 1.19. The molecule has 1 aliphatic heterocycles. The molecule has 5 rings (SSSR count). The summed E-state index contributed by atoms with van der Waals surface area (Å²) < 4.78 is 3.17. The molecule has 168 valence electrons. The average molecular weight is 442 g/mol. The van der Waals surface area contributed by atoms with Crippen molar-refractivity contribution in [2.45, 2.75) is 32.2 Å². The molecule has 0 aliphatic carbocycles. The van der Waals surface area contributed by atoms with E-state index in [0.29, 0.717) is 29.9 Å². The number of piperidine rings is 1. The van der Waals surface area contributed by atoms with Crippen molar-refractivity contribution in [1.29, 1.82) is 0 Å². The second-order valence-corrected chi connectivity index (χ2v) is 8.64. The fourth-order valence-corrected chi connectivity index (χ4v) is 4.57. The minimum absolute atomic E-state index is 0.0974. The molecule has 1 fully saturated rings.